The van der Waals surface area contributed by atoms with Crippen LogP contribution >= 0.6 is 7.92 Å². The lowest BCUT2D eigenvalue weighted by molar-refractivity contribution is 0.715. The van der Waals surface area contributed by atoms with E-state index in [-0.39, 0.29) is 7.92 Å². The lowest BCUT2D eigenvalue weighted by atomic mass is 10.2. The molecule has 19 heavy (non-hydrogen) atoms. The summed E-state index contributed by atoms with van der Waals surface area (Å²) in [6, 6.07) is 9.56. The van der Waals surface area contributed by atoms with Crippen LogP contribution in [0.25, 0.3) is 0 Å². The van der Waals surface area contributed by atoms with Crippen molar-refractivity contribution in [3.05, 3.63) is 24.3 Å². The van der Waals surface area contributed by atoms with E-state index in [1.54, 1.807) is 10.5 Å². The first-order valence-corrected chi connectivity index (χ1v) is 12.1. The molecule has 0 heterocycles. The highest BCUT2D eigenvalue weighted by Gasteiger charge is 2.35. The molecule has 0 aliphatic carbocycles. The zero-order valence-corrected chi connectivity index (χ0v) is 16.2. The smallest absolute Gasteiger partial charge is 0.0656 e. The predicted molar refractivity (Wildman–Crippen MR) is 95.5 cm³/mol. The van der Waals surface area contributed by atoms with Gasteiger partial charge in [-0.25, -0.2) is 0 Å². The monoisotopic (exact) mass is 294 g/mol. The second-order valence-electron chi connectivity index (χ2n) is 8.47. The van der Waals surface area contributed by atoms with Crippen LogP contribution in [0.1, 0.15) is 41.5 Å². The third-order valence-electron chi connectivity index (χ3n) is 3.33. The summed E-state index contributed by atoms with van der Waals surface area (Å²) in [5, 5.41) is 3.83. The fraction of sp³-hybridized carbons (Fsp3) is 0.647. The first-order chi connectivity index (χ1) is 8.33. The van der Waals surface area contributed by atoms with Crippen LogP contribution in [0.2, 0.25) is 19.6 Å². The Hall–Kier alpha value is -0.133. The second kappa shape index (κ2) is 5.33. The van der Waals surface area contributed by atoms with Gasteiger partial charge < -0.3 is 0 Å². The highest BCUT2D eigenvalue weighted by molar-refractivity contribution is 7.68. The molecule has 108 valence electrons. The fourth-order valence-corrected chi connectivity index (χ4v) is 8.07. The molecule has 0 aliphatic heterocycles. The zero-order valence-electron chi connectivity index (χ0n) is 14.3. The van der Waals surface area contributed by atoms with E-state index in [0.29, 0.717) is 10.3 Å². The van der Waals surface area contributed by atoms with Gasteiger partial charge in [0.25, 0.3) is 0 Å². The lowest BCUT2D eigenvalue weighted by Crippen LogP contribution is -2.38. The zero-order chi connectivity index (χ0) is 15.1. The molecular formula is C17H31PSi. The van der Waals surface area contributed by atoms with E-state index in [1.807, 2.05) is 0 Å². The van der Waals surface area contributed by atoms with Crippen LogP contribution < -0.4 is 10.5 Å². The van der Waals surface area contributed by atoms with Crippen molar-refractivity contribution in [3.8, 4) is 0 Å². The van der Waals surface area contributed by atoms with Crippen LogP contribution in [0.4, 0.5) is 0 Å². The molecule has 0 saturated carbocycles. The van der Waals surface area contributed by atoms with E-state index in [0.717, 1.165) is 0 Å². The summed E-state index contributed by atoms with van der Waals surface area (Å²) in [6.07, 6.45) is 0. The molecule has 1 aromatic rings. The topological polar surface area (TPSA) is 0 Å². The summed E-state index contributed by atoms with van der Waals surface area (Å²) in [5.74, 6) is 0. The minimum Gasteiger partial charge on any atom is -0.0656 e. The van der Waals surface area contributed by atoms with Gasteiger partial charge in [0, 0.05) is 0 Å². The normalized spacial score (nSPS) is 14.0. The van der Waals surface area contributed by atoms with Crippen molar-refractivity contribution in [2.45, 2.75) is 71.5 Å². The second-order valence-corrected chi connectivity index (χ2v) is 17.4. The summed E-state index contributed by atoms with van der Waals surface area (Å²) in [4.78, 5) is 0. The van der Waals surface area contributed by atoms with Gasteiger partial charge >= 0.3 is 0 Å². The molecule has 0 unspecified atom stereocenters. The molecule has 0 amide bonds. The molecule has 0 aromatic heterocycles. The number of rotatable bonds is 2. The van der Waals surface area contributed by atoms with Gasteiger partial charge in [0.05, 0.1) is 8.07 Å². The van der Waals surface area contributed by atoms with Crippen molar-refractivity contribution in [1.29, 1.82) is 0 Å². The standard InChI is InChI=1S/C17H31PSi/c1-16(2,3)18(17(4,5)6)14-10-12-15(13-11-14)19(7,8)9/h10-13H,1-9H3. The molecule has 0 atom stereocenters. The van der Waals surface area contributed by atoms with Crippen molar-refractivity contribution in [2.75, 3.05) is 0 Å². The molecule has 1 aromatic carbocycles. The van der Waals surface area contributed by atoms with Crippen molar-refractivity contribution in [1.82, 2.24) is 0 Å². The number of hydrogen-bond acceptors (Lipinski definition) is 0. The molecule has 0 nitrogen and oxygen atoms in total. The maximum Gasteiger partial charge on any atom is 0.0775 e. The van der Waals surface area contributed by atoms with Crippen LogP contribution in [0.15, 0.2) is 24.3 Å². The molecule has 0 radical (unpaired) electrons. The Labute approximate surface area is 122 Å². The van der Waals surface area contributed by atoms with Gasteiger partial charge in [-0.2, -0.15) is 0 Å². The van der Waals surface area contributed by atoms with Gasteiger partial charge in [-0.1, -0.05) is 98.6 Å². The molecule has 0 N–H and O–H groups in total. The number of benzene rings is 1. The Bertz CT molecular complexity index is 399. The SMILES string of the molecule is CC(C)(C)P(c1ccc([Si](C)(C)C)cc1)C(C)(C)C. The first-order valence-electron chi connectivity index (χ1n) is 7.24. The summed E-state index contributed by atoms with van der Waals surface area (Å²) in [5.41, 5.74) is 0. The van der Waals surface area contributed by atoms with Gasteiger partial charge in [0.2, 0.25) is 0 Å². The van der Waals surface area contributed by atoms with Crippen LogP contribution in [0.5, 0.6) is 0 Å². The highest BCUT2D eigenvalue weighted by Crippen LogP contribution is 2.57. The van der Waals surface area contributed by atoms with E-state index < -0.39 is 8.07 Å². The molecule has 0 aliphatic rings. The third-order valence-corrected chi connectivity index (χ3v) is 8.90. The molecule has 0 fully saturated rings. The van der Waals surface area contributed by atoms with Crippen molar-refractivity contribution in [3.63, 3.8) is 0 Å². The summed E-state index contributed by atoms with van der Waals surface area (Å²) >= 11 is 0. The largest absolute Gasteiger partial charge is 0.0775 e. The Morgan fingerprint density at radius 2 is 1.11 bits per heavy atom. The summed E-state index contributed by atoms with van der Waals surface area (Å²) in [6.45, 7) is 21.6. The van der Waals surface area contributed by atoms with Gasteiger partial charge in [-0.15, -0.1) is 0 Å². The average Bonchev–Trinajstić information content (AvgIpc) is 2.12. The fourth-order valence-electron chi connectivity index (χ4n) is 2.89. The molecule has 1 rings (SSSR count). The molecular weight excluding hydrogens is 263 g/mol. The van der Waals surface area contributed by atoms with Gasteiger partial charge in [0.1, 0.15) is 0 Å². The third kappa shape index (κ3) is 4.43. The molecule has 0 saturated heterocycles. The van der Waals surface area contributed by atoms with Crippen LogP contribution in [-0.2, 0) is 0 Å². The summed E-state index contributed by atoms with van der Waals surface area (Å²) in [7, 11) is -1.35. The molecule has 2 heteroatoms. The Kier molecular flexibility index (Phi) is 4.75. The number of hydrogen-bond donors (Lipinski definition) is 0. The molecule has 0 bridgehead atoms. The highest BCUT2D eigenvalue weighted by atomic mass is 31.1. The maximum absolute atomic E-state index is 2.42. The van der Waals surface area contributed by atoms with Crippen molar-refractivity contribution in [2.24, 2.45) is 0 Å². The van der Waals surface area contributed by atoms with E-state index in [9.17, 15) is 0 Å². The van der Waals surface area contributed by atoms with E-state index in [4.69, 9.17) is 0 Å². The summed E-state index contributed by atoms with van der Waals surface area (Å²) < 4.78 is 0. The lowest BCUT2D eigenvalue weighted by Gasteiger charge is -2.42. The Morgan fingerprint density at radius 3 is 1.37 bits per heavy atom. The van der Waals surface area contributed by atoms with Crippen molar-refractivity contribution < 1.29 is 0 Å². The Morgan fingerprint density at radius 1 is 0.737 bits per heavy atom. The van der Waals surface area contributed by atoms with E-state index in [2.05, 4.69) is 85.4 Å². The minimum atomic E-state index is -1.18. The predicted octanol–water partition coefficient (Wildman–Crippen LogP) is 4.94. The van der Waals surface area contributed by atoms with Crippen LogP contribution in [0, 0.1) is 0 Å². The van der Waals surface area contributed by atoms with Crippen LogP contribution in [-0.4, -0.2) is 18.4 Å². The van der Waals surface area contributed by atoms with Gasteiger partial charge in [-0.3, -0.25) is 0 Å². The average molecular weight is 294 g/mol. The first kappa shape index (κ1) is 16.9. The van der Waals surface area contributed by atoms with Crippen molar-refractivity contribution >= 4 is 26.5 Å². The van der Waals surface area contributed by atoms with Gasteiger partial charge in [-0.05, 0) is 15.6 Å². The van der Waals surface area contributed by atoms with E-state index in [1.165, 1.54) is 0 Å². The Balaban J connectivity index is 3.20. The van der Waals surface area contributed by atoms with Gasteiger partial charge in [0.15, 0.2) is 0 Å². The quantitative estimate of drug-likeness (QED) is 0.535. The minimum absolute atomic E-state index is 0.171. The van der Waals surface area contributed by atoms with E-state index >= 15 is 0 Å². The van der Waals surface area contributed by atoms with Crippen LogP contribution in [0.3, 0.4) is 0 Å². The molecule has 0 spiro atoms. The maximum atomic E-state index is 2.42.